The lowest BCUT2D eigenvalue weighted by atomic mass is 10.0. The molecular weight excluding hydrogens is 472 g/mol. The molecule has 4 rings (SSSR count). The van der Waals surface area contributed by atoms with Crippen molar-refractivity contribution in [3.05, 3.63) is 22.7 Å². The molecule has 0 aliphatic carbocycles. The number of nitrogens with one attached hydrogen (secondary N) is 2. The third kappa shape index (κ3) is 5.18. The fourth-order valence-corrected chi connectivity index (χ4v) is 5.72. The van der Waals surface area contributed by atoms with Crippen LogP contribution in [-0.4, -0.2) is 66.2 Å². The van der Waals surface area contributed by atoms with Crippen LogP contribution in [0.5, 0.6) is 0 Å². The Bertz CT molecular complexity index is 1080. The summed E-state index contributed by atoms with van der Waals surface area (Å²) in [5, 5.41) is 6.34. The topological polar surface area (TPSA) is 100 Å². The van der Waals surface area contributed by atoms with Crippen LogP contribution in [0.2, 0.25) is 0 Å². The van der Waals surface area contributed by atoms with Crippen molar-refractivity contribution in [2.45, 2.75) is 31.5 Å². The zero-order chi connectivity index (χ0) is 23.1. The molecule has 4 heterocycles. The number of thiazole rings is 1. The number of hydrogen-bond donors (Lipinski definition) is 2. The number of nitrogens with zero attached hydrogens (tertiary/aromatic N) is 4. The molecule has 2 aromatic rings. The maximum atomic E-state index is 14.5. The van der Waals surface area contributed by atoms with E-state index in [0.717, 1.165) is 23.8 Å². The van der Waals surface area contributed by atoms with Gasteiger partial charge in [-0.2, -0.15) is 13.2 Å². The van der Waals surface area contributed by atoms with Gasteiger partial charge in [-0.3, -0.25) is 0 Å². The van der Waals surface area contributed by atoms with Gasteiger partial charge in [-0.05, 0) is 31.8 Å². The molecule has 0 radical (unpaired) electrons. The molecule has 2 aliphatic rings. The predicted octanol–water partition coefficient (Wildman–Crippen LogP) is 2.36. The second-order valence-corrected chi connectivity index (χ2v) is 11.0. The first-order valence-electron chi connectivity index (χ1n) is 10.0. The quantitative estimate of drug-likeness (QED) is 0.595. The summed E-state index contributed by atoms with van der Waals surface area (Å²) < 4.78 is 80.0. The normalized spacial score (nSPS) is 19.2. The average Bonchev–Trinajstić information content (AvgIpc) is 3.10. The maximum absolute atomic E-state index is 14.5. The van der Waals surface area contributed by atoms with E-state index in [0.29, 0.717) is 50.4 Å². The molecule has 2 N–H and O–H groups in total. The molecule has 0 spiro atoms. The fraction of sp³-hybridized carbons (Fsp3) is 0.611. The summed E-state index contributed by atoms with van der Waals surface area (Å²) in [5.74, 6) is -0.765. The van der Waals surface area contributed by atoms with Crippen molar-refractivity contribution in [2.24, 2.45) is 5.92 Å². The molecule has 32 heavy (non-hydrogen) atoms. The fourth-order valence-electron chi connectivity index (χ4n) is 3.65. The zero-order valence-corrected chi connectivity index (χ0v) is 18.7. The second-order valence-electron chi connectivity index (χ2n) is 7.98. The molecule has 0 unspecified atom stereocenters. The third-order valence-corrected chi connectivity index (χ3v) is 7.87. The average molecular weight is 495 g/mol. The Kier molecular flexibility index (Phi) is 6.40. The van der Waals surface area contributed by atoms with Crippen molar-refractivity contribution in [3.8, 4) is 10.6 Å². The van der Waals surface area contributed by atoms with E-state index in [1.54, 1.807) is 0 Å². The van der Waals surface area contributed by atoms with Gasteiger partial charge in [0.1, 0.15) is 5.69 Å². The smallest absolute Gasteiger partial charge is 0.351 e. The van der Waals surface area contributed by atoms with Crippen molar-refractivity contribution in [1.29, 1.82) is 0 Å². The first-order chi connectivity index (χ1) is 15.0. The van der Waals surface area contributed by atoms with E-state index in [1.807, 2.05) is 0 Å². The molecule has 2 aromatic heterocycles. The van der Waals surface area contributed by atoms with Gasteiger partial charge in [-0.1, -0.05) is 0 Å². The summed E-state index contributed by atoms with van der Waals surface area (Å²) in [7, 11) is -3.28. The summed E-state index contributed by atoms with van der Waals surface area (Å²) in [5.41, 5.74) is -1.59. The van der Waals surface area contributed by atoms with Crippen LogP contribution in [-0.2, 0) is 22.6 Å². The summed E-state index contributed by atoms with van der Waals surface area (Å²) in [6.07, 6.45) is -1.44. The molecule has 0 bridgehead atoms. The SMILES string of the molecule is CS(=O)(=O)N1CCC(Nc2ncc(F)c(-c3sc(CC4CNC4)nc3C(F)(F)F)n2)CC1. The van der Waals surface area contributed by atoms with Gasteiger partial charge < -0.3 is 10.6 Å². The molecule has 8 nitrogen and oxygen atoms in total. The van der Waals surface area contributed by atoms with Crippen LogP contribution in [0.15, 0.2) is 6.20 Å². The monoisotopic (exact) mass is 494 g/mol. The molecular formula is C18H22F4N6O2S2. The van der Waals surface area contributed by atoms with Gasteiger partial charge in [0.25, 0.3) is 0 Å². The second kappa shape index (κ2) is 8.80. The zero-order valence-electron chi connectivity index (χ0n) is 17.1. The molecule has 14 heteroatoms. The highest BCUT2D eigenvalue weighted by molar-refractivity contribution is 7.88. The third-order valence-electron chi connectivity index (χ3n) is 5.48. The van der Waals surface area contributed by atoms with Crippen LogP contribution in [0.4, 0.5) is 23.5 Å². The predicted molar refractivity (Wildman–Crippen MR) is 111 cm³/mol. The van der Waals surface area contributed by atoms with Crippen LogP contribution in [0.25, 0.3) is 10.6 Å². The molecule has 176 valence electrons. The Morgan fingerprint density at radius 2 is 1.94 bits per heavy atom. The van der Waals surface area contributed by atoms with Crippen LogP contribution < -0.4 is 10.6 Å². The van der Waals surface area contributed by atoms with Gasteiger partial charge in [-0.25, -0.2) is 32.1 Å². The van der Waals surface area contributed by atoms with E-state index in [1.165, 1.54) is 4.31 Å². The molecule has 0 saturated carbocycles. The number of hydrogen-bond acceptors (Lipinski definition) is 8. The van der Waals surface area contributed by atoms with Crippen LogP contribution >= 0.6 is 11.3 Å². The highest BCUT2D eigenvalue weighted by atomic mass is 32.2. The van der Waals surface area contributed by atoms with E-state index >= 15 is 0 Å². The highest BCUT2D eigenvalue weighted by Gasteiger charge is 2.39. The van der Waals surface area contributed by atoms with Crippen molar-refractivity contribution in [1.82, 2.24) is 24.6 Å². The molecule has 2 aliphatic heterocycles. The minimum atomic E-state index is -4.74. The van der Waals surface area contributed by atoms with Crippen molar-refractivity contribution >= 4 is 27.3 Å². The van der Waals surface area contributed by atoms with Crippen molar-refractivity contribution in [2.75, 3.05) is 37.8 Å². The number of rotatable bonds is 6. The standard InChI is InChI=1S/C18H22F4N6O2S2/c1-32(29,30)28-4-2-11(3-5-28)25-17-24-9-12(19)14(27-17)15-16(18(20,21)22)26-13(31-15)6-10-7-23-8-10/h9-11,23H,2-8H2,1H3,(H,24,25,27). The number of alkyl halides is 3. The number of sulfonamides is 1. The summed E-state index contributed by atoms with van der Waals surface area (Å²) in [6.45, 7) is 2.03. The Balaban J connectivity index is 1.56. The number of anilines is 1. The lowest BCUT2D eigenvalue weighted by Crippen LogP contribution is -2.43. The molecule has 2 saturated heterocycles. The van der Waals surface area contributed by atoms with Crippen molar-refractivity contribution < 1.29 is 26.0 Å². The van der Waals surface area contributed by atoms with Gasteiger partial charge >= 0.3 is 6.18 Å². The number of piperidine rings is 1. The molecule has 0 amide bonds. The van der Waals surface area contributed by atoms with E-state index in [-0.39, 0.29) is 22.8 Å². The molecule has 0 aromatic carbocycles. The molecule has 0 atom stereocenters. The van der Waals surface area contributed by atoms with Gasteiger partial charge in [0.15, 0.2) is 11.5 Å². The maximum Gasteiger partial charge on any atom is 0.434 e. The van der Waals surface area contributed by atoms with E-state index in [9.17, 15) is 26.0 Å². The Morgan fingerprint density at radius 1 is 1.25 bits per heavy atom. The van der Waals surface area contributed by atoms with E-state index < -0.39 is 33.4 Å². The Hall–Kier alpha value is -1.90. The van der Waals surface area contributed by atoms with Crippen LogP contribution in [0, 0.1) is 11.7 Å². The largest absolute Gasteiger partial charge is 0.434 e. The van der Waals surface area contributed by atoms with Crippen LogP contribution in [0.3, 0.4) is 0 Å². The Morgan fingerprint density at radius 3 is 2.50 bits per heavy atom. The van der Waals surface area contributed by atoms with Crippen molar-refractivity contribution in [3.63, 3.8) is 0 Å². The van der Waals surface area contributed by atoms with Gasteiger partial charge in [0.2, 0.25) is 16.0 Å². The van der Waals surface area contributed by atoms with E-state index in [2.05, 4.69) is 25.6 Å². The number of halogens is 4. The lowest BCUT2D eigenvalue weighted by Gasteiger charge is -2.30. The molecule has 2 fully saturated rings. The number of aromatic nitrogens is 3. The summed E-state index contributed by atoms with van der Waals surface area (Å²) in [4.78, 5) is 11.3. The minimum absolute atomic E-state index is 0.00882. The highest BCUT2D eigenvalue weighted by Crippen LogP contribution is 2.41. The Labute approximate surface area is 186 Å². The first kappa shape index (κ1) is 23.3. The van der Waals surface area contributed by atoms with Gasteiger partial charge in [0.05, 0.1) is 22.3 Å². The summed E-state index contributed by atoms with van der Waals surface area (Å²) >= 11 is 0.799. The van der Waals surface area contributed by atoms with E-state index in [4.69, 9.17) is 0 Å². The first-order valence-corrected chi connectivity index (χ1v) is 12.7. The van der Waals surface area contributed by atoms with Gasteiger partial charge in [0, 0.05) is 25.6 Å². The summed E-state index contributed by atoms with van der Waals surface area (Å²) in [6, 6.07) is -0.184. The van der Waals surface area contributed by atoms with Crippen LogP contribution in [0.1, 0.15) is 23.5 Å². The minimum Gasteiger partial charge on any atom is -0.351 e. The van der Waals surface area contributed by atoms with Gasteiger partial charge in [-0.15, -0.1) is 11.3 Å². The lowest BCUT2D eigenvalue weighted by molar-refractivity contribution is -0.140.